The van der Waals surface area contributed by atoms with Crippen LogP contribution in [0, 0.1) is 0 Å². The molecule has 0 fully saturated rings. The Balaban J connectivity index is 0.806. The fraction of sp³-hybridized carbons (Fsp3) is 0.0435. The Morgan fingerprint density at radius 1 is 0.301 bits per heavy atom. The molecule has 73 heavy (non-hydrogen) atoms. The average molecular weight is 933 g/mol. The van der Waals surface area contributed by atoms with Crippen LogP contribution in [0.25, 0.3) is 143 Å². The zero-order valence-corrected chi connectivity index (χ0v) is 40.2. The van der Waals surface area contributed by atoms with Crippen molar-refractivity contribution in [2.75, 3.05) is 0 Å². The molecule has 0 bridgehead atoms. The molecule has 0 N–H and O–H groups in total. The third-order valence-electron chi connectivity index (χ3n) is 16.1. The van der Waals surface area contributed by atoms with E-state index in [1.165, 1.54) is 82.6 Å². The van der Waals surface area contributed by atoms with Gasteiger partial charge in [0.25, 0.3) is 0 Å². The summed E-state index contributed by atoms with van der Waals surface area (Å²) in [5.41, 5.74) is 22.7. The number of hydrogen-bond acceptors (Lipinski definition) is 2. The van der Waals surface area contributed by atoms with E-state index >= 15 is 0 Å². The van der Waals surface area contributed by atoms with Crippen LogP contribution >= 0.6 is 0 Å². The monoisotopic (exact) mass is 932 g/mol. The van der Waals surface area contributed by atoms with Crippen molar-refractivity contribution in [3.63, 3.8) is 0 Å². The average Bonchev–Trinajstić information content (AvgIpc) is 4.24. The zero-order valence-electron chi connectivity index (χ0n) is 40.2. The van der Waals surface area contributed by atoms with E-state index in [1.807, 2.05) is 12.1 Å². The van der Waals surface area contributed by atoms with E-state index in [4.69, 9.17) is 8.83 Å². The highest BCUT2D eigenvalue weighted by Gasteiger charge is 2.37. The summed E-state index contributed by atoms with van der Waals surface area (Å²) in [7, 11) is 0. The maximum atomic E-state index is 6.99. The number of hydrogen-bond donors (Lipinski definition) is 0. The van der Waals surface area contributed by atoms with Gasteiger partial charge in [0.15, 0.2) is 0 Å². The normalized spacial score (nSPS) is 13.2. The minimum absolute atomic E-state index is 0.0895. The second-order valence-electron chi connectivity index (χ2n) is 20.4. The fourth-order valence-corrected chi connectivity index (χ4v) is 12.6. The summed E-state index contributed by atoms with van der Waals surface area (Å²) < 4.78 is 18.0. The number of nitrogens with zero attached hydrogens (tertiary/aromatic N) is 2. The molecule has 11 aromatic carbocycles. The second kappa shape index (κ2) is 14.8. The third-order valence-corrected chi connectivity index (χ3v) is 16.1. The largest absolute Gasteiger partial charge is 0.456 e. The van der Waals surface area contributed by atoms with Crippen LogP contribution in [-0.4, -0.2) is 9.13 Å². The summed E-state index contributed by atoms with van der Waals surface area (Å²) in [6, 6.07) is 84.2. The van der Waals surface area contributed by atoms with Crippen molar-refractivity contribution in [1.29, 1.82) is 0 Å². The Hall–Kier alpha value is -9.38. The molecule has 0 aliphatic heterocycles. The van der Waals surface area contributed by atoms with Gasteiger partial charge in [0, 0.05) is 71.0 Å². The lowest BCUT2D eigenvalue weighted by atomic mass is 9.82. The van der Waals surface area contributed by atoms with Crippen LogP contribution < -0.4 is 0 Å². The van der Waals surface area contributed by atoms with Crippen LogP contribution in [-0.2, 0) is 5.41 Å². The van der Waals surface area contributed by atoms with E-state index < -0.39 is 0 Å². The SMILES string of the molecule is CC1(C)c2ccccc2-c2c1ccc1c2oc2c(-c3ccc(-c4ccc5c(c4)c4cc(-c6ccc7c(c6)c6ccccc6n7-c6ccc7oc8ccccc8c7c6)ccc4n5-c4ccccc4)cc3)cccc21. The number of furan rings is 2. The first-order chi connectivity index (χ1) is 35.9. The third kappa shape index (κ3) is 5.72. The Morgan fingerprint density at radius 2 is 0.849 bits per heavy atom. The van der Waals surface area contributed by atoms with Crippen LogP contribution in [0.15, 0.2) is 239 Å². The Kier molecular flexibility index (Phi) is 8.20. The quantitative estimate of drug-likeness (QED) is 0.172. The lowest BCUT2D eigenvalue weighted by molar-refractivity contribution is 0.653. The summed E-state index contributed by atoms with van der Waals surface area (Å²) >= 11 is 0. The van der Waals surface area contributed by atoms with Crippen LogP contribution in [0.1, 0.15) is 25.0 Å². The molecule has 0 spiro atoms. The minimum atomic E-state index is -0.0895. The number of rotatable bonds is 5. The summed E-state index contributed by atoms with van der Waals surface area (Å²) in [5, 5.41) is 9.42. The molecule has 4 aromatic heterocycles. The number of benzene rings is 11. The van der Waals surface area contributed by atoms with Crippen LogP contribution in [0.4, 0.5) is 0 Å². The lowest BCUT2D eigenvalue weighted by Gasteiger charge is -2.21. The first-order valence-corrected chi connectivity index (χ1v) is 25.2. The summed E-state index contributed by atoms with van der Waals surface area (Å²) in [6.45, 7) is 4.65. The van der Waals surface area contributed by atoms with E-state index in [1.54, 1.807) is 0 Å². The van der Waals surface area contributed by atoms with Gasteiger partial charge in [-0.3, -0.25) is 0 Å². The van der Waals surface area contributed by atoms with Crippen molar-refractivity contribution >= 4 is 87.5 Å². The molecule has 0 unspecified atom stereocenters. The molecule has 0 atom stereocenters. The van der Waals surface area contributed by atoms with Crippen molar-refractivity contribution < 1.29 is 8.83 Å². The van der Waals surface area contributed by atoms with Gasteiger partial charge in [-0.15, -0.1) is 0 Å². The van der Waals surface area contributed by atoms with Crippen molar-refractivity contribution in [3.8, 4) is 55.9 Å². The van der Waals surface area contributed by atoms with Crippen molar-refractivity contribution in [2.24, 2.45) is 0 Å². The molecule has 1 aliphatic rings. The lowest BCUT2D eigenvalue weighted by Crippen LogP contribution is -2.14. The molecular formula is C69H44N2O2. The van der Waals surface area contributed by atoms with E-state index in [9.17, 15) is 0 Å². The Bertz CT molecular complexity index is 4810. The molecule has 4 heterocycles. The Labute approximate surface area is 420 Å². The first kappa shape index (κ1) is 40.4. The maximum absolute atomic E-state index is 6.99. The smallest absolute Gasteiger partial charge is 0.143 e. The van der Waals surface area contributed by atoms with Gasteiger partial charge in [0.1, 0.15) is 22.3 Å². The number of fused-ring (bicyclic) bond motifs is 16. The second-order valence-corrected chi connectivity index (χ2v) is 20.4. The van der Waals surface area contributed by atoms with Crippen LogP contribution in [0.3, 0.4) is 0 Å². The van der Waals surface area contributed by atoms with E-state index in [-0.39, 0.29) is 5.41 Å². The predicted molar refractivity (Wildman–Crippen MR) is 304 cm³/mol. The van der Waals surface area contributed by atoms with Gasteiger partial charge in [0.05, 0.1) is 22.1 Å². The maximum Gasteiger partial charge on any atom is 0.143 e. The van der Waals surface area contributed by atoms with Crippen molar-refractivity contribution in [2.45, 2.75) is 19.3 Å². The highest BCUT2D eigenvalue weighted by Crippen LogP contribution is 2.53. The summed E-state index contributed by atoms with van der Waals surface area (Å²) in [5.74, 6) is 0. The highest BCUT2D eigenvalue weighted by atomic mass is 16.3. The van der Waals surface area contributed by atoms with Crippen molar-refractivity contribution in [3.05, 3.63) is 242 Å². The van der Waals surface area contributed by atoms with Crippen molar-refractivity contribution in [1.82, 2.24) is 9.13 Å². The molecule has 15 aromatic rings. The molecule has 0 radical (unpaired) electrons. The highest BCUT2D eigenvalue weighted by molar-refractivity contribution is 6.16. The molecule has 0 saturated heterocycles. The Morgan fingerprint density at radius 3 is 1.62 bits per heavy atom. The van der Waals surface area contributed by atoms with Gasteiger partial charge in [-0.1, -0.05) is 166 Å². The first-order valence-electron chi connectivity index (χ1n) is 25.2. The van der Waals surface area contributed by atoms with Gasteiger partial charge in [0.2, 0.25) is 0 Å². The van der Waals surface area contributed by atoms with E-state index in [0.717, 1.165) is 71.9 Å². The summed E-state index contributed by atoms with van der Waals surface area (Å²) in [6.07, 6.45) is 0. The predicted octanol–water partition coefficient (Wildman–Crippen LogP) is 19.0. The van der Waals surface area contributed by atoms with Gasteiger partial charge in [-0.2, -0.15) is 0 Å². The van der Waals surface area contributed by atoms with Crippen LogP contribution in [0.5, 0.6) is 0 Å². The topological polar surface area (TPSA) is 36.1 Å². The fourth-order valence-electron chi connectivity index (χ4n) is 12.6. The molecule has 1 aliphatic carbocycles. The number of aromatic nitrogens is 2. The van der Waals surface area contributed by atoms with Gasteiger partial charge in [-0.05, 0) is 123 Å². The van der Waals surface area contributed by atoms with Crippen LogP contribution in [0.2, 0.25) is 0 Å². The van der Waals surface area contributed by atoms with Gasteiger partial charge in [-0.25, -0.2) is 0 Å². The summed E-state index contributed by atoms with van der Waals surface area (Å²) in [4.78, 5) is 0. The number of para-hydroxylation sites is 4. The molecular weight excluding hydrogens is 889 g/mol. The molecule has 0 saturated carbocycles. The van der Waals surface area contributed by atoms with E-state index in [0.29, 0.717) is 0 Å². The molecule has 16 rings (SSSR count). The zero-order chi connectivity index (χ0) is 48.1. The molecule has 0 amide bonds. The van der Waals surface area contributed by atoms with Gasteiger partial charge >= 0.3 is 0 Å². The minimum Gasteiger partial charge on any atom is -0.456 e. The molecule has 4 heteroatoms. The standard InChI is InChI=1S/C69H44N2O2/c1-69(2)58-20-9-6-17-53(58)66-59(69)32-31-52-51-19-12-18-48(67(51)73-68(52)66)42-25-23-41(24-26-42)43-27-33-62-55(37-43)56-39-45(29-35-63(56)70(62)46-13-4-3-5-14-46)44-28-34-61-54(38-44)49-15-7-10-21-60(49)71(61)47-30-36-65-57(40-47)50-16-8-11-22-64(50)72-65/h3-40H,1-2H3. The van der Waals surface area contributed by atoms with E-state index in [2.05, 4.69) is 241 Å². The van der Waals surface area contributed by atoms with Gasteiger partial charge < -0.3 is 18.0 Å². The molecule has 4 nitrogen and oxygen atoms in total. The molecule has 342 valence electrons.